The van der Waals surface area contributed by atoms with Crippen molar-refractivity contribution < 1.29 is 32.9 Å². The summed E-state index contributed by atoms with van der Waals surface area (Å²) < 4.78 is 52.5. The van der Waals surface area contributed by atoms with E-state index in [2.05, 4.69) is 10.00 Å². The second-order valence-electron chi connectivity index (χ2n) is 7.89. The zero-order chi connectivity index (χ0) is 23.1. The largest absolute Gasteiger partial charge is 0.425 e. The van der Waals surface area contributed by atoms with E-state index < -0.39 is 23.8 Å². The van der Waals surface area contributed by atoms with Gasteiger partial charge in [-0.1, -0.05) is 0 Å². The third-order valence-electron chi connectivity index (χ3n) is 5.39. The van der Waals surface area contributed by atoms with Crippen LogP contribution >= 0.6 is 11.3 Å². The van der Waals surface area contributed by atoms with Gasteiger partial charge in [0.25, 0.3) is 0 Å². The van der Waals surface area contributed by atoms with Gasteiger partial charge in [-0.15, -0.1) is 11.3 Å². The summed E-state index contributed by atoms with van der Waals surface area (Å²) >= 11 is 0.751. The number of halogens is 3. The van der Waals surface area contributed by atoms with Crippen molar-refractivity contribution in [3.63, 3.8) is 0 Å². The molecule has 1 unspecified atom stereocenters. The van der Waals surface area contributed by atoms with Crippen molar-refractivity contribution in [1.29, 1.82) is 0 Å². The van der Waals surface area contributed by atoms with Gasteiger partial charge < -0.3 is 19.7 Å². The van der Waals surface area contributed by atoms with E-state index in [4.69, 9.17) is 9.47 Å². The summed E-state index contributed by atoms with van der Waals surface area (Å²) in [4.78, 5) is 2.19. The highest BCUT2D eigenvalue weighted by molar-refractivity contribution is 7.12. The van der Waals surface area contributed by atoms with Crippen LogP contribution in [-0.2, 0) is 48.2 Å². The Hall–Kier alpha value is -1.50. The second kappa shape index (κ2) is 11.6. The molecule has 0 spiro atoms. The van der Waals surface area contributed by atoms with Gasteiger partial charge in [0.1, 0.15) is 4.88 Å². The molecule has 0 radical (unpaired) electrons. The van der Waals surface area contributed by atoms with Crippen LogP contribution in [0.2, 0.25) is 0 Å². The number of fused-ring (bicyclic) bond motifs is 1. The van der Waals surface area contributed by atoms with Crippen molar-refractivity contribution in [2.75, 3.05) is 40.0 Å². The average molecular weight is 478 g/mol. The first-order chi connectivity index (χ1) is 15.3. The van der Waals surface area contributed by atoms with Gasteiger partial charge >= 0.3 is 6.18 Å². The minimum Gasteiger partial charge on any atom is -0.392 e. The van der Waals surface area contributed by atoms with Crippen LogP contribution in [0.4, 0.5) is 13.2 Å². The highest BCUT2D eigenvalue weighted by atomic mass is 32.1. The van der Waals surface area contributed by atoms with Crippen molar-refractivity contribution >= 4 is 11.3 Å². The molecule has 0 aromatic carbocycles. The van der Waals surface area contributed by atoms with Crippen LogP contribution in [-0.4, -0.2) is 71.0 Å². The third-order valence-corrected chi connectivity index (χ3v) is 6.77. The van der Waals surface area contributed by atoms with Crippen LogP contribution in [0.25, 0.3) is 0 Å². The molecule has 1 atom stereocenters. The van der Waals surface area contributed by atoms with Gasteiger partial charge in [-0.3, -0.25) is 9.58 Å². The highest BCUT2D eigenvalue weighted by Gasteiger charge is 2.37. The maximum absolute atomic E-state index is 13.4. The minimum absolute atomic E-state index is 0.000257. The van der Waals surface area contributed by atoms with Crippen LogP contribution in [0.15, 0.2) is 12.4 Å². The fraction of sp³-hybridized carbons (Fsp3) is 0.667. The number of methoxy groups -OCH3 is 1. The fourth-order valence-corrected chi connectivity index (χ4v) is 5.22. The summed E-state index contributed by atoms with van der Waals surface area (Å²) in [6, 6.07) is 0. The molecular formula is C21H30F3N3O4S. The molecule has 11 heteroatoms. The molecular weight excluding hydrogens is 447 g/mol. The van der Waals surface area contributed by atoms with E-state index in [-0.39, 0.29) is 12.2 Å². The quantitative estimate of drug-likeness (QED) is 0.638. The number of hydrogen-bond donors (Lipinski definition) is 2. The van der Waals surface area contributed by atoms with Crippen LogP contribution in [0.3, 0.4) is 0 Å². The van der Waals surface area contributed by atoms with E-state index in [1.54, 1.807) is 10.9 Å². The van der Waals surface area contributed by atoms with Crippen molar-refractivity contribution in [3.8, 4) is 0 Å². The Bertz CT molecular complexity index is 856. The van der Waals surface area contributed by atoms with Crippen LogP contribution < -0.4 is 0 Å². The molecule has 0 bridgehead atoms. The first-order valence-corrected chi connectivity index (χ1v) is 11.4. The van der Waals surface area contributed by atoms with E-state index in [0.29, 0.717) is 69.1 Å². The van der Waals surface area contributed by atoms with Crippen LogP contribution in [0.5, 0.6) is 0 Å². The van der Waals surface area contributed by atoms with Gasteiger partial charge in [0.15, 0.2) is 0 Å². The van der Waals surface area contributed by atoms with Crippen molar-refractivity contribution in [2.45, 2.75) is 51.2 Å². The molecule has 0 amide bonds. The maximum atomic E-state index is 13.4. The molecule has 1 aliphatic rings. The number of aryl methyl sites for hydroxylation is 1. The number of aromatic nitrogens is 2. The van der Waals surface area contributed by atoms with E-state index in [1.165, 1.54) is 7.11 Å². The fourth-order valence-electron chi connectivity index (χ4n) is 3.95. The molecule has 2 aromatic rings. The lowest BCUT2D eigenvalue weighted by atomic mass is 10.0. The number of alkyl halides is 3. The summed E-state index contributed by atoms with van der Waals surface area (Å²) in [5, 5.41) is 23.7. The van der Waals surface area contributed by atoms with Gasteiger partial charge in [-0.05, 0) is 31.4 Å². The van der Waals surface area contributed by atoms with Gasteiger partial charge in [0, 0.05) is 42.4 Å². The molecule has 3 rings (SSSR count). The highest BCUT2D eigenvalue weighted by Crippen LogP contribution is 2.41. The summed E-state index contributed by atoms with van der Waals surface area (Å²) in [6.07, 6.45) is 0.144. The van der Waals surface area contributed by atoms with Crippen molar-refractivity contribution in [2.24, 2.45) is 0 Å². The van der Waals surface area contributed by atoms with E-state index in [9.17, 15) is 23.4 Å². The first kappa shape index (κ1) is 25.1. The summed E-state index contributed by atoms with van der Waals surface area (Å²) in [5.41, 5.74) is 1.58. The third kappa shape index (κ3) is 6.75. The van der Waals surface area contributed by atoms with Gasteiger partial charge in [0.05, 0.1) is 45.3 Å². The first-order valence-electron chi connectivity index (χ1n) is 10.6. The zero-order valence-electron chi connectivity index (χ0n) is 18.1. The van der Waals surface area contributed by atoms with Crippen LogP contribution in [0.1, 0.15) is 32.9 Å². The molecule has 0 saturated heterocycles. The SMILES string of the molecule is COCC(O)Cn1cc(CN2CCCc3sc(C(F)(F)F)c(CO)c3CCOCC2)cn1. The Morgan fingerprint density at radius 2 is 2.09 bits per heavy atom. The molecule has 0 saturated carbocycles. The Morgan fingerprint density at radius 3 is 2.81 bits per heavy atom. The molecule has 180 valence electrons. The number of nitrogens with zero attached hydrogens (tertiary/aromatic N) is 3. The van der Waals surface area contributed by atoms with Crippen LogP contribution in [0, 0.1) is 0 Å². The monoisotopic (exact) mass is 477 g/mol. The smallest absolute Gasteiger partial charge is 0.392 e. The molecule has 0 aliphatic carbocycles. The van der Waals surface area contributed by atoms with E-state index in [1.807, 2.05) is 6.20 Å². The molecule has 2 aromatic heterocycles. The Kier molecular flexibility index (Phi) is 9.09. The van der Waals surface area contributed by atoms with E-state index in [0.717, 1.165) is 16.9 Å². The van der Waals surface area contributed by atoms with Gasteiger partial charge in [-0.25, -0.2) is 0 Å². The van der Waals surface area contributed by atoms with Gasteiger partial charge in [-0.2, -0.15) is 18.3 Å². The molecule has 3 heterocycles. The Labute approximate surface area is 189 Å². The molecule has 7 nitrogen and oxygen atoms in total. The lowest BCUT2D eigenvalue weighted by Gasteiger charge is -2.21. The topological polar surface area (TPSA) is 80.0 Å². The minimum atomic E-state index is -4.46. The average Bonchev–Trinajstić information content (AvgIpc) is 3.30. The molecule has 32 heavy (non-hydrogen) atoms. The zero-order valence-corrected chi connectivity index (χ0v) is 18.9. The number of rotatable bonds is 7. The lowest BCUT2D eigenvalue weighted by molar-refractivity contribution is -0.135. The van der Waals surface area contributed by atoms with Crippen molar-refractivity contribution in [1.82, 2.24) is 14.7 Å². The maximum Gasteiger partial charge on any atom is 0.425 e. The van der Waals surface area contributed by atoms with Gasteiger partial charge in [0.2, 0.25) is 0 Å². The lowest BCUT2D eigenvalue weighted by Crippen LogP contribution is -2.28. The number of aliphatic hydroxyl groups is 2. The molecule has 0 fully saturated rings. The second-order valence-corrected chi connectivity index (χ2v) is 8.99. The number of ether oxygens (including phenoxy) is 2. The molecule has 2 N–H and O–H groups in total. The Morgan fingerprint density at radius 1 is 1.28 bits per heavy atom. The number of hydrogen-bond acceptors (Lipinski definition) is 7. The number of aliphatic hydroxyl groups excluding tert-OH is 2. The molecule has 1 aliphatic heterocycles. The predicted molar refractivity (Wildman–Crippen MR) is 113 cm³/mol. The number of thiophene rings is 1. The summed E-state index contributed by atoms with van der Waals surface area (Å²) in [7, 11) is 1.53. The summed E-state index contributed by atoms with van der Waals surface area (Å²) in [6.45, 7) is 2.79. The Balaban J connectivity index is 1.65. The standard InChI is InChI=1S/C21H30F3N3O4S/c1-30-14-16(29)12-27-11-15(9-25-27)10-26-5-2-3-19-17(4-7-31-8-6-26)18(13-28)20(32-19)21(22,23)24/h9,11,16,28-29H,2-8,10,12-14H2,1H3. The van der Waals surface area contributed by atoms with E-state index >= 15 is 0 Å². The summed E-state index contributed by atoms with van der Waals surface area (Å²) in [5.74, 6) is 0. The predicted octanol–water partition coefficient (Wildman–Crippen LogP) is 2.47. The normalized spacial score (nSPS) is 17.7. The van der Waals surface area contributed by atoms with Crippen molar-refractivity contribution in [3.05, 3.63) is 38.8 Å².